The number of rotatable bonds is 6. The van der Waals surface area contributed by atoms with E-state index in [4.69, 9.17) is 4.74 Å². The molecule has 0 saturated carbocycles. The maximum atomic E-state index is 13.5. The Morgan fingerprint density at radius 3 is 2.55 bits per heavy atom. The van der Waals surface area contributed by atoms with Gasteiger partial charge in [0.15, 0.2) is 11.6 Å². The maximum Gasteiger partial charge on any atom is 0.196 e. The molecule has 0 amide bonds. The van der Waals surface area contributed by atoms with Crippen molar-refractivity contribution in [1.29, 1.82) is 0 Å². The average Bonchev–Trinajstić information content (AvgIpc) is 3.13. The van der Waals surface area contributed by atoms with E-state index in [0.717, 1.165) is 50.0 Å². The number of aromatic nitrogens is 3. The molecule has 1 aliphatic heterocycles. The molecular weight excluding hydrogens is 400 g/mol. The van der Waals surface area contributed by atoms with Crippen LogP contribution < -0.4 is 9.64 Å². The van der Waals surface area contributed by atoms with Crippen molar-refractivity contribution in [2.45, 2.75) is 6.92 Å². The van der Waals surface area contributed by atoms with Gasteiger partial charge < -0.3 is 9.64 Å². The Balaban J connectivity index is 1.35. The number of hydrogen-bond acceptors (Lipinski definition) is 5. The van der Waals surface area contributed by atoms with Crippen molar-refractivity contribution in [3.63, 3.8) is 0 Å². The third-order valence-corrected chi connectivity index (χ3v) is 5.46. The fourth-order valence-corrected chi connectivity index (χ4v) is 3.74. The highest BCUT2D eigenvalue weighted by molar-refractivity contribution is 5.53. The Morgan fingerprint density at radius 1 is 1.10 bits per heavy atom. The second kappa shape index (κ2) is 9.26. The molecule has 2 aromatic heterocycles. The van der Waals surface area contributed by atoms with E-state index in [1.54, 1.807) is 18.0 Å². The number of piperazine rings is 1. The predicted octanol–water partition coefficient (Wildman–Crippen LogP) is 3.70. The molecule has 0 unspecified atom stereocenters. The van der Waals surface area contributed by atoms with Gasteiger partial charge in [0.25, 0.3) is 0 Å². The van der Waals surface area contributed by atoms with Gasteiger partial charge in [-0.2, -0.15) is 5.10 Å². The molecule has 4 rings (SSSR count). The number of halogens is 2. The van der Waals surface area contributed by atoms with Gasteiger partial charge in [0, 0.05) is 56.2 Å². The summed E-state index contributed by atoms with van der Waals surface area (Å²) < 4.78 is 34.1. The third kappa shape index (κ3) is 4.74. The first-order chi connectivity index (χ1) is 15.0. The summed E-state index contributed by atoms with van der Waals surface area (Å²) in [6, 6.07) is 7.35. The van der Waals surface area contributed by atoms with Gasteiger partial charge >= 0.3 is 0 Å². The summed E-state index contributed by atoms with van der Waals surface area (Å²) in [7, 11) is 1.62. The molecule has 31 heavy (non-hydrogen) atoms. The first-order valence-electron chi connectivity index (χ1n) is 10.2. The SMILES string of the molecule is COc1cccnc1-n1ncc(/C=C/CN2CCN(c3cc(F)cc(F)c3)CC2)c1C. The van der Waals surface area contributed by atoms with Gasteiger partial charge in [-0.15, -0.1) is 0 Å². The van der Waals surface area contributed by atoms with Crippen LogP contribution in [0.2, 0.25) is 0 Å². The number of methoxy groups -OCH3 is 1. The number of benzene rings is 1. The van der Waals surface area contributed by atoms with Crippen LogP contribution in [-0.4, -0.2) is 59.5 Å². The van der Waals surface area contributed by atoms with Crippen LogP contribution in [0.3, 0.4) is 0 Å². The van der Waals surface area contributed by atoms with Crippen molar-refractivity contribution in [2.24, 2.45) is 0 Å². The van der Waals surface area contributed by atoms with E-state index in [1.165, 1.54) is 12.1 Å². The van der Waals surface area contributed by atoms with E-state index in [0.29, 0.717) is 17.3 Å². The van der Waals surface area contributed by atoms with E-state index in [1.807, 2.05) is 30.2 Å². The zero-order valence-corrected chi connectivity index (χ0v) is 17.6. The lowest BCUT2D eigenvalue weighted by Gasteiger charge is -2.35. The molecule has 0 aliphatic carbocycles. The molecule has 6 nitrogen and oxygen atoms in total. The Labute approximate surface area is 180 Å². The molecule has 0 spiro atoms. The molecule has 3 heterocycles. The van der Waals surface area contributed by atoms with Crippen LogP contribution in [0, 0.1) is 18.6 Å². The topological polar surface area (TPSA) is 46.4 Å². The molecule has 1 aromatic carbocycles. The predicted molar refractivity (Wildman–Crippen MR) is 117 cm³/mol. The minimum absolute atomic E-state index is 0.542. The standard InChI is InChI=1S/C23H25F2N5O/c1-17-18(16-27-30(17)23-22(31-2)6-3-7-26-23)5-4-8-28-9-11-29(12-10-28)21-14-19(24)13-20(25)15-21/h3-7,13-16H,8-12H2,1-2H3/b5-4+. The van der Waals surface area contributed by atoms with Crippen LogP contribution in [0.5, 0.6) is 5.75 Å². The highest BCUT2D eigenvalue weighted by Gasteiger charge is 2.17. The lowest BCUT2D eigenvalue weighted by molar-refractivity contribution is 0.284. The van der Waals surface area contributed by atoms with Gasteiger partial charge in [-0.3, -0.25) is 4.90 Å². The highest BCUT2D eigenvalue weighted by atomic mass is 19.1. The minimum atomic E-state index is -0.542. The van der Waals surface area contributed by atoms with Gasteiger partial charge in [-0.25, -0.2) is 18.4 Å². The van der Waals surface area contributed by atoms with Crippen molar-refractivity contribution in [3.05, 3.63) is 71.7 Å². The molecule has 8 heteroatoms. The normalized spacial score (nSPS) is 15.0. The molecule has 162 valence electrons. The Morgan fingerprint density at radius 2 is 1.84 bits per heavy atom. The second-order valence-electron chi connectivity index (χ2n) is 7.44. The van der Waals surface area contributed by atoms with Crippen LogP contribution in [-0.2, 0) is 0 Å². The van der Waals surface area contributed by atoms with Crippen molar-refractivity contribution in [2.75, 3.05) is 44.7 Å². The number of ether oxygens (including phenoxy) is 1. The van der Waals surface area contributed by atoms with Crippen molar-refractivity contribution in [1.82, 2.24) is 19.7 Å². The van der Waals surface area contributed by atoms with Crippen LogP contribution >= 0.6 is 0 Å². The minimum Gasteiger partial charge on any atom is -0.493 e. The first-order valence-corrected chi connectivity index (χ1v) is 10.2. The zero-order valence-electron chi connectivity index (χ0n) is 17.6. The number of anilines is 1. The lowest BCUT2D eigenvalue weighted by Crippen LogP contribution is -2.46. The molecule has 1 aliphatic rings. The van der Waals surface area contributed by atoms with Crippen molar-refractivity contribution < 1.29 is 13.5 Å². The molecule has 1 fully saturated rings. The molecule has 3 aromatic rings. The molecule has 0 bridgehead atoms. The van der Waals surface area contributed by atoms with Crippen molar-refractivity contribution >= 4 is 11.8 Å². The number of pyridine rings is 1. The largest absolute Gasteiger partial charge is 0.493 e. The summed E-state index contributed by atoms with van der Waals surface area (Å²) in [5.74, 6) is 0.242. The van der Waals surface area contributed by atoms with E-state index < -0.39 is 11.6 Å². The summed E-state index contributed by atoms with van der Waals surface area (Å²) in [4.78, 5) is 8.71. The second-order valence-corrected chi connectivity index (χ2v) is 7.44. The number of hydrogen-bond donors (Lipinski definition) is 0. The van der Waals surface area contributed by atoms with E-state index in [2.05, 4.69) is 27.1 Å². The fourth-order valence-electron chi connectivity index (χ4n) is 3.74. The Bertz CT molecular complexity index is 1050. The Kier molecular flexibility index (Phi) is 6.27. The van der Waals surface area contributed by atoms with Gasteiger partial charge in [0.2, 0.25) is 0 Å². The lowest BCUT2D eigenvalue weighted by atomic mass is 10.2. The first kappa shape index (κ1) is 21.0. The van der Waals surface area contributed by atoms with E-state index >= 15 is 0 Å². The molecule has 0 N–H and O–H groups in total. The van der Waals surface area contributed by atoms with E-state index in [9.17, 15) is 8.78 Å². The summed E-state index contributed by atoms with van der Waals surface area (Å²) in [5, 5.41) is 4.46. The smallest absolute Gasteiger partial charge is 0.196 e. The van der Waals surface area contributed by atoms with Gasteiger partial charge in [0.05, 0.1) is 19.0 Å². The van der Waals surface area contributed by atoms with Crippen LogP contribution in [0.15, 0.2) is 48.8 Å². The quantitative estimate of drug-likeness (QED) is 0.603. The number of nitrogens with zero attached hydrogens (tertiary/aromatic N) is 5. The van der Waals surface area contributed by atoms with Crippen LogP contribution in [0.25, 0.3) is 11.9 Å². The molecular formula is C23H25F2N5O. The van der Waals surface area contributed by atoms with Gasteiger partial charge in [-0.05, 0) is 31.2 Å². The van der Waals surface area contributed by atoms with Crippen LogP contribution in [0.1, 0.15) is 11.3 Å². The summed E-state index contributed by atoms with van der Waals surface area (Å²) >= 11 is 0. The molecule has 0 atom stereocenters. The molecule has 0 radical (unpaired) electrons. The third-order valence-electron chi connectivity index (χ3n) is 5.46. The van der Waals surface area contributed by atoms with Gasteiger partial charge in [0.1, 0.15) is 11.6 Å². The molecule has 1 saturated heterocycles. The Hall–Kier alpha value is -3.26. The van der Waals surface area contributed by atoms with E-state index in [-0.39, 0.29) is 0 Å². The van der Waals surface area contributed by atoms with Crippen molar-refractivity contribution in [3.8, 4) is 11.6 Å². The van der Waals surface area contributed by atoms with Gasteiger partial charge in [-0.1, -0.05) is 12.2 Å². The summed E-state index contributed by atoms with van der Waals surface area (Å²) in [5.41, 5.74) is 2.59. The maximum absolute atomic E-state index is 13.5. The van der Waals surface area contributed by atoms with Crippen LogP contribution in [0.4, 0.5) is 14.5 Å². The average molecular weight is 425 g/mol. The zero-order chi connectivity index (χ0) is 21.8. The summed E-state index contributed by atoms with van der Waals surface area (Å²) in [6.07, 6.45) is 7.70. The summed E-state index contributed by atoms with van der Waals surface area (Å²) in [6.45, 7) is 5.90. The fraction of sp³-hybridized carbons (Fsp3) is 0.304. The highest BCUT2D eigenvalue weighted by Crippen LogP contribution is 2.22. The monoisotopic (exact) mass is 425 g/mol.